The molecule has 0 atom stereocenters. The lowest BCUT2D eigenvalue weighted by molar-refractivity contribution is -0.125. The first kappa shape index (κ1) is 25.6. The zero-order chi connectivity index (χ0) is 24.5. The van der Waals surface area contributed by atoms with E-state index in [9.17, 15) is 9.59 Å². The van der Waals surface area contributed by atoms with Crippen LogP contribution >= 0.6 is 0 Å². The molecule has 2 N–H and O–H groups in total. The van der Waals surface area contributed by atoms with Gasteiger partial charge in [0.25, 0.3) is 0 Å². The fourth-order valence-corrected chi connectivity index (χ4v) is 4.45. The Labute approximate surface area is 202 Å². The molecule has 2 aromatic rings. The van der Waals surface area contributed by atoms with Gasteiger partial charge in [0.2, 0.25) is 11.8 Å². The Balaban J connectivity index is 1.36. The minimum atomic E-state index is -0.210. The highest BCUT2D eigenvalue weighted by Gasteiger charge is 2.21. The number of piperidine rings is 1. The number of hydrogen-bond donors (Lipinski definition) is 2. The van der Waals surface area contributed by atoms with Crippen LogP contribution in [0.5, 0.6) is 11.5 Å². The summed E-state index contributed by atoms with van der Waals surface area (Å²) in [6.07, 6.45) is 4.23. The maximum absolute atomic E-state index is 12.4. The minimum Gasteiger partial charge on any atom is -0.497 e. The molecule has 1 aliphatic heterocycles. The van der Waals surface area contributed by atoms with Crippen LogP contribution in [0.4, 0.5) is 5.69 Å². The second-order valence-electron chi connectivity index (χ2n) is 9.07. The number of rotatable bonds is 10. The van der Waals surface area contributed by atoms with Gasteiger partial charge in [-0.15, -0.1) is 0 Å². The summed E-state index contributed by atoms with van der Waals surface area (Å²) in [4.78, 5) is 26.8. The van der Waals surface area contributed by atoms with Gasteiger partial charge in [0, 0.05) is 11.8 Å². The molecule has 184 valence electrons. The summed E-state index contributed by atoms with van der Waals surface area (Å²) in [5, 5.41) is 5.65. The van der Waals surface area contributed by atoms with Crippen LogP contribution < -0.4 is 20.1 Å². The molecule has 1 fully saturated rings. The number of benzene rings is 2. The quantitative estimate of drug-likeness (QED) is 0.557. The number of ether oxygens (including phenoxy) is 2. The number of likely N-dealkylation sites (tertiary alicyclic amines) is 1. The van der Waals surface area contributed by atoms with Crippen molar-refractivity contribution < 1.29 is 19.1 Å². The molecule has 0 aliphatic carbocycles. The Bertz CT molecular complexity index is 941. The van der Waals surface area contributed by atoms with Crippen LogP contribution in [0.25, 0.3) is 0 Å². The van der Waals surface area contributed by atoms with Crippen molar-refractivity contribution in [2.75, 3.05) is 45.7 Å². The normalized spacial score (nSPS) is 14.5. The van der Waals surface area contributed by atoms with Gasteiger partial charge >= 0.3 is 0 Å². The highest BCUT2D eigenvalue weighted by molar-refractivity contribution is 5.95. The van der Waals surface area contributed by atoms with E-state index >= 15 is 0 Å². The number of para-hydroxylation sites is 1. The Kier molecular flexibility index (Phi) is 9.33. The predicted octanol–water partition coefficient (Wildman–Crippen LogP) is 3.72. The molecule has 7 nitrogen and oxygen atoms in total. The molecule has 1 saturated heterocycles. The number of nitrogens with zero attached hydrogens (tertiary/aromatic N) is 1. The first-order valence-electron chi connectivity index (χ1n) is 11.9. The van der Waals surface area contributed by atoms with Crippen LogP contribution in [0, 0.1) is 19.8 Å². The molecule has 7 heteroatoms. The molecule has 0 radical (unpaired) electrons. The van der Waals surface area contributed by atoms with Gasteiger partial charge in [-0.2, -0.15) is 0 Å². The van der Waals surface area contributed by atoms with Gasteiger partial charge < -0.3 is 20.1 Å². The fourth-order valence-electron chi connectivity index (χ4n) is 4.45. The van der Waals surface area contributed by atoms with E-state index in [2.05, 4.69) is 27.7 Å². The van der Waals surface area contributed by atoms with E-state index in [1.54, 1.807) is 14.2 Å². The van der Waals surface area contributed by atoms with Crippen LogP contribution in [-0.2, 0) is 16.0 Å². The topological polar surface area (TPSA) is 79.9 Å². The lowest BCUT2D eigenvalue weighted by Gasteiger charge is -2.31. The Morgan fingerprint density at radius 1 is 0.971 bits per heavy atom. The molecule has 0 saturated carbocycles. The highest BCUT2D eigenvalue weighted by Crippen LogP contribution is 2.27. The Hall–Kier alpha value is -3.06. The van der Waals surface area contributed by atoms with Crippen molar-refractivity contribution in [1.82, 2.24) is 10.2 Å². The molecule has 0 aromatic heterocycles. The van der Waals surface area contributed by atoms with Crippen LogP contribution in [-0.4, -0.2) is 57.1 Å². The molecule has 0 unspecified atom stereocenters. The van der Waals surface area contributed by atoms with Crippen molar-refractivity contribution in [2.24, 2.45) is 5.92 Å². The number of methoxy groups -OCH3 is 2. The molecule has 1 heterocycles. The van der Waals surface area contributed by atoms with Gasteiger partial charge in [-0.05, 0) is 87.4 Å². The van der Waals surface area contributed by atoms with E-state index in [0.717, 1.165) is 67.1 Å². The summed E-state index contributed by atoms with van der Waals surface area (Å²) in [6.45, 7) is 6.02. The molecule has 2 amide bonds. The Morgan fingerprint density at radius 3 is 2.18 bits per heavy atom. The van der Waals surface area contributed by atoms with Gasteiger partial charge in [-0.3, -0.25) is 14.5 Å². The summed E-state index contributed by atoms with van der Waals surface area (Å²) in [7, 11) is 3.34. The number of nitrogens with one attached hydrogen (secondary N) is 2. The second-order valence-corrected chi connectivity index (χ2v) is 9.07. The van der Waals surface area contributed by atoms with Crippen molar-refractivity contribution in [3.8, 4) is 11.5 Å². The van der Waals surface area contributed by atoms with E-state index in [4.69, 9.17) is 9.47 Å². The maximum Gasteiger partial charge on any atom is 0.243 e. The smallest absolute Gasteiger partial charge is 0.243 e. The fraction of sp³-hybridized carbons (Fsp3) is 0.481. The van der Waals surface area contributed by atoms with Crippen LogP contribution in [0.2, 0.25) is 0 Å². The third-order valence-electron chi connectivity index (χ3n) is 6.52. The summed E-state index contributed by atoms with van der Waals surface area (Å²) in [6, 6.07) is 11.9. The number of anilines is 1. The Morgan fingerprint density at radius 2 is 1.59 bits per heavy atom. The van der Waals surface area contributed by atoms with E-state index in [-0.39, 0.29) is 18.4 Å². The summed E-state index contributed by atoms with van der Waals surface area (Å²) in [5.41, 5.74) is 4.05. The molecule has 34 heavy (non-hydrogen) atoms. The number of hydrogen-bond acceptors (Lipinski definition) is 5. The number of carbonyl (C=O) groups excluding carboxylic acids is 2. The molecular weight excluding hydrogens is 430 g/mol. The minimum absolute atomic E-state index is 0.0208. The first-order valence-corrected chi connectivity index (χ1v) is 11.9. The zero-order valence-electron chi connectivity index (χ0n) is 20.8. The second kappa shape index (κ2) is 12.4. The van der Waals surface area contributed by atoms with Crippen molar-refractivity contribution in [1.29, 1.82) is 0 Å². The average Bonchev–Trinajstić information content (AvgIpc) is 2.84. The van der Waals surface area contributed by atoms with Crippen molar-refractivity contribution >= 4 is 17.5 Å². The SMILES string of the molecule is COc1cc(CCC2CCN(CC(=O)NCC(=O)Nc3c(C)cccc3C)CC2)cc(OC)c1. The van der Waals surface area contributed by atoms with Gasteiger partial charge in [0.05, 0.1) is 27.3 Å². The maximum atomic E-state index is 12.4. The lowest BCUT2D eigenvalue weighted by atomic mass is 9.90. The van der Waals surface area contributed by atoms with E-state index in [1.165, 1.54) is 5.56 Å². The largest absolute Gasteiger partial charge is 0.497 e. The molecule has 0 spiro atoms. The van der Waals surface area contributed by atoms with E-state index < -0.39 is 0 Å². The number of carbonyl (C=O) groups is 2. The lowest BCUT2D eigenvalue weighted by Crippen LogP contribution is -2.43. The number of amides is 2. The summed E-state index contributed by atoms with van der Waals surface area (Å²) < 4.78 is 10.7. The summed E-state index contributed by atoms with van der Waals surface area (Å²) in [5.74, 6) is 1.95. The predicted molar refractivity (Wildman–Crippen MR) is 135 cm³/mol. The van der Waals surface area contributed by atoms with Gasteiger partial charge in [0.1, 0.15) is 11.5 Å². The van der Waals surface area contributed by atoms with Gasteiger partial charge in [0.15, 0.2) is 0 Å². The molecular formula is C27H37N3O4. The molecule has 3 rings (SSSR count). The highest BCUT2D eigenvalue weighted by atomic mass is 16.5. The van der Waals surface area contributed by atoms with E-state index in [0.29, 0.717) is 12.5 Å². The third kappa shape index (κ3) is 7.48. The standard InChI is InChI=1S/C27H37N3O4/c1-19-6-5-7-20(2)27(19)29-25(31)17-28-26(32)18-30-12-10-21(11-13-30)8-9-22-14-23(33-3)16-24(15-22)34-4/h5-7,14-16,21H,8-13,17-18H2,1-4H3,(H,28,32)(H,29,31). The van der Waals surface area contributed by atoms with E-state index in [1.807, 2.05) is 38.1 Å². The summed E-state index contributed by atoms with van der Waals surface area (Å²) >= 11 is 0. The molecule has 1 aliphatic rings. The van der Waals surface area contributed by atoms with Crippen LogP contribution in [0.1, 0.15) is 36.0 Å². The third-order valence-corrected chi connectivity index (χ3v) is 6.52. The van der Waals surface area contributed by atoms with Gasteiger partial charge in [-0.25, -0.2) is 0 Å². The van der Waals surface area contributed by atoms with Crippen molar-refractivity contribution in [3.63, 3.8) is 0 Å². The first-order chi connectivity index (χ1) is 16.4. The van der Waals surface area contributed by atoms with Crippen molar-refractivity contribution in [3.05, 3.63) is 53.1 Å². The van der Waals surface area contributed by atoms with Gasteiger partial charge in [-0.1, -0.05) is 18.2 Å². The van der Waals surface area contributed by atoms with Crippen molar-refractivity contribution in [2.45, 2.75) is 39.5 Å². The van der Waals surface area contributed by atoms with Crippen LogP contribution in [0.15, 0.2) is 36.4 Å². The zero-order valence-corrected chi connectivity index (χ0v) is 20.8. The molecule has 0 bridgehead atoms. The monoisotopic (exact) mass is 467 g/mol. The van der Waals surface area contributed by atoms with Crippen LogP contribution in [0.3, 0.4) is 0 Å². The molecule has 2 aromatic carbocycles. The number of aryl methyl sites for hydroxylation is 3. The average molecular weight is 468 g/mol.